The molecule has 0 saturated heterocycles. The van der Waals surface area contributed by atoms with E-state index in [0.29, 0.717) is 5.56 Å². The molecule has 0 fully saturated rings. The van der Waals surface area contributed by atoms with Crippen LogP contribution in [0.5, 0.6) is 11.5 Å². The van der Waals surface area contributed by atoms with Crippen LogP contribution < -0.4 is 0 Å². The first-order valence-corrected chi connectivity index (χ1v) is 5.65. The Hall–Kier alpha value is -2.87. The Bertz CT molecular complexity index is 590. The smallest absolute Gasteiger partial charge is 0.343 e. The van der Waals surface area contributed by atoms with Crippen molar-refractivity contribution in [3.05, 3.63) is 29.8 Å². The SMILES string of the molecule is O=C(O)CC(O)C(=O)OC(=O)/C=C/c1ccc(O)c(O)c1. The molecule has 0 amide bonds. The summed E-state index contributed by atoms with van der Waals surface area (Å²) in [4.78, 5) is 32.7. The van der Waals surface area contributed by atoms with Gasteiger partial charge in [0.1, 0.15) is 0 Å². The molecule has 1 unspecified atom stereocenters. The van der Waals surface area contributed by atoms with Crippen molar-refractivity contribution in [1.29, 1.82) is 0 Å². The average Bonchev–Trinajstić information content (AvgIpc) is 2.39. The lowest BCUT2D eigenvalue weighted by Crippen LogP contribution is -2.27. The Morgan fingerprint density at radius 2 is 1.86 bits per heavy atom. The van der Waals surface area contributed by atoms with Crippen LogP contribution in [0.3, 0.4) is 0 Å². The van der Waals surface area contributed by atoms with Gasteiger partial charge in [-0.15, -0.1) is 0 Å². The van der Waals surface area contributed by atoms with Gasteiger partial charge in [-0.2, -0.15) is 0 Å². The number of carboxylic acid groups (broad SMARTS) is 1. The van der Waals surface area contributed by atoms with Crippen molar-refractivity contribution < 1.29 is 39.5 Å². The number of hydrogen-bond acceptors (Lipinski definition) is 7. The Balaban J connectivity index is 2.60. The molecule has 0 radical (unpaired) electrons. The summed E-state index contributed by atoms with van der Waals surface area (Å²) in [7, 11) is 0. The van der Waals surface area contributed by atoms with Gasteiger partial charge >= 0.3 is 17.9 Å². The molecular formula is C13H12O8. The number of aliphatic hydroxyl groups is 1. The molecule has 0 aliphatic heterocycles. The molecule has 0 spiro atoms. The quantitative estimate of drug-likeness (QED) is 0.258. The molecule has 1 aromatic rings. The number of benzene rings is 1. The van der Waals surface area contributed by atoms with Gasteiger partial charge in [-0.25, -0.2) is 9.59 Å². The average molecular weight is 296 g/mol. The standard InChI is InChI=1S/C13H12O8/c14-8-3-1-7(5-9(8)15)2-4-12(19)21-13(20)10(16)6-11(17)18/h1-5,10,14-16H,6H2,(H,17,18)/b4-2+. The van der Waals surface area contributed by atoms with Crippen molar-refractivity contribution in [3.8, 4) is 11.5 Å². The molecule has 0 aliphatic rings. The minimum absolute atomic E-state index is 0.332. The predicted molar refractivity (Wildman–Crippen MR) is 68.2 cm³/mol. The van der Waals surface area contributed by atoms with Gasteiger partial charge in [0.05, 0.1) is 6.42 Å². The van der Waals surface area contributed by atoms with Crippen LogP contribution in [0, 0.1) is 0 Å². The number of aliphatic carboxylic acids is 1. The van der Waals surface area contributed by atoms with Crippen molar-refractivity contribution in [2.75, 3.05) is 0 Å². The van der Waals surface area contributed by atoms with Crippen molar-refractivity contribution in [2.24, 2.45) is 0 Å². The Labute approximate surface area is 118 Å². The molecule has 112 valence electrons. The van der Waals surface area contributed by atoms with Crippen LogP contribution in [-0.2, 0) is 19.1 Å². The summed E-state index contributed by atoms with van der Waals surface area (Å²) < 4.78 is 4.20. The number of carbonyl (C=O) groups excluding carboxylic acids is 2. The molecule has 21 heavy (non-hydrogen) atoms. The third-order valence-electron chi connectivity index (χ3n) is 2.25. The van der Waals surface area contributed by atoms with Gasteiger partial charge in [-0.3, -0.25) is 4.79 Å². The van der Waals surface area contributed by atoms with Gasteiger partial charge in [0.25, 0.3) is 0 Å². The first-order chi connectivity index (χ1) is 9.79. The minimum Gasteiger partial charge on any atom is -0.504 e. The van der Waals surface area contributed by atoms with Crippen molar-refractivity contribution in [3.63, 3.8) is 0 Å². The number of carbonyl (C=O) groups is 3. The molecule has 0 heterocycles. The van der Waals surface area contributed by atoms with E-state index in [0.717, 1.165) is 6.08 Å². The van der Waals surface area contributed by atoms with Gasteiger partial charge in [0.15, 0.2) is 17.6 Å². The highest BCUT2D eigenvalue weighted by atomic mass is 16.6. The first kappa shape index (κ1) is 16.2. The third kappa shape index (κ3) is 5.33. The summed E-state index contributed by atoms with van der Waals surface area (Å²) >= 11 is 0. The fraction of sp³-hybridized carbons (Fsp3) is 0.154. The van der Waals surface area contributed by atoms with Crippen molar-refractivity contribution in [2.45, 2.75) is 12.5 Å². The Kier molecular flexibility index (Phi) is 5.44. The summed E-state index contributed by atoms with van der Waals surface area (Å²) in [5.41, 5.74) is 0.348. The molecule has 4 N–H and O–H groups in total. The second kappa shape index (κ2) is 7.06. The van der Waals surface area contributed by atoms with Crippen LogP contribution in [0.4, 0.5) is 0 Å². The molecule has 8 nitrogen and oxygen atoms in total. The van der Waals surface area contributed by atoms with Crippen molar-refractivity contribution in [1.82, 2.24) is 0 Å². The van der Waals surface area contributed by atoms with Crippen LogP contribution in [-0.4, -0.2) is 44.4 Å². The lowest BCUT2D eigenvalue weighted by atomic mass is 10.2. The maximum Gasteiger partial charge on any atom is 0.343 e. The Morgan fingerprint density at radius 1 is 1.19 bits per heavy atom. The molecule has 0 saturated carbocycles. The van der Waals surface area contributed by atoms with E-state index >= 15 is 0 Å². The number of aliphatic hydroxyl groups excluding tert-OH is 1. The molecule has 1 atom stereocenters. The highest BCUT2D eigenvalue weighted by molar-refractivity contribution is 5.96. The van der Waals surface area contributed by atoms with E-state index in [1.54, 1.807) is 0 Å². The maximum atomic E-state index is 11.3. The predicted octanol–water partition coefficient (Wildman–Crippen LogP) is 0.0164. The minimum atomic E-state index is -1.93. The molecule has 1 aromatic carbocycles. The topological polar surface area (TPSA) is 141 Å². The summed E-state index contributed by atoms with van der Waals surface area (Å²) in [5.74, 6) is -4.63. The van der Waals surface area contributed by atoms with E-state index < -0.39 is 36.2 Å². The zero-order valence-electron chi connectivity index (χ0n) is 10.6. The fourth-order valence-corrected chi connectivity index (χ4v) is 1.26. The zero-order valence-corrected chi connectivity index (χ0v) is 10.6. The van der Waals surface area contributed by atoms with Crippen LogP contribution in [0.1, 0.15) is 12.0 Å². The lowest BCUT2D eigenvalue weighted by molar-refractivity contribution is -0.165. The normalized spacial score (nSPS) is 12.0. The van der Waals surface area contributed by atoms with Gasteiger partial charge in [0, 0.05) is 6.08 Å². The number of rotatable bonds is 5. The first-order valence-electron chi connectivity index (χ1n) is 5.65. The van der Waals surface area contributed by atoms with Crippen molar-refractivity contribution >= 4 is 24.0 Å². The lowest BCUT2D eigenvalue weighted by Gasteiger charge is -2.05. The number of aromatic hydroxyl groups is 2. The van der Waals surface area contributed by atoms with Gasteiger partial charge < -0.3 is 25.2 Å². The maximum absolute atomic E-state index is 11.3. The van der Waals surface area contributed by atoms with E-state index in [9.17, 15) is 19.5 Å². The second-order valence-corrected chi connectivity index (χ2v) is 3.94. The number of esters is 2. The van der Waals surface area contributed by atoms with Crippen LogP contribution in [0.2, 0.25) is 0 Å². The highest BCUT2D eigenvalue weighted by Gasteiger charge is 2.21. The van der Waals surface area contributed by atoms with Crippen LogP contribution in [0.15, 0.2) is 24.3 Å². The van der Waals surface area contributed by atoms with E-state index in [2.05, 4.69) is 4.74 Å². The van der Waals surface area contributed by atoms with E-state index in [-0.39, 0.29) is 5.75 Å². The summed E-state index contributed by atoms with van der Waals surface area (Å²) in [6, 6.07) is 3.75. The zero-order chi connectivity index (χ0) is 16.0. The fourth-order valence-electron chi connectivity index (χ4n) is 1.26. The van der Waals surface area contributed by atoms with E-state index in [1.165, 1.54) is 24.3 Å². The third-order valence-corrected chi connectivity index (χ3v) is 2.25. The molecule has 0 bridgehead atoms. The largest absolute Gasteiger partial charge is 0.504 e. The monoisotopic (exact) mass is 296 g/mol. The van der Waals surface area contributed by atoms with Gasteiger partial charge in [-0.1, -0.05) is 6.07 Å². The highest BCUT2D eigenvalue weighted by Crippen LogP contribution is 2.25. The van der Waals surface area contributed by atoms with E-state index in [4.69, 9.17) is 15.3 Å². The number of hydrogen-bond donors (Lipinski definition) is 4. The number of ether oxygens (including phenoxy) is 1. The second-order valence-electron chi connectivity index (χ2n) is 3.94. The molecule has 0 aliphatic carbocycles. The summed E-state index contributed by atoms with van der Waals surface area (Å²) in [6.07, 6.45) is -0.769. The molecule has 1 rings (SSSR count). The van der Waals surface area contributed by atoms with E-state index in [1.807, 2.05) is 0 Å². The summed E-state index contributed by atoms with van der Waals surface area (Å²) in [6.45, 7) is 0. The number of phenolic OH excluding ortho intramolecular Hbond substituents is 2. The summed E-state index contributed by atoms with van der Waals surface area (Å²) in [5, 5.41) is 35.8. The molecule has 8 heteroatoms. The Morgan fingerprint density at radius 3 is 2.43 bits per heavy atom. The number of carboxylic acids is 1. The van der Waals surface area contributed by atoms with Gasteiger partial charge in [0.2, 0.25) is 0 Å². The molecule has 0 aromatic heterocycles. The van der Waals surface area contributed by atoms with Crippen LogP contribution in [0.25, 0.3) is 6.08 Å². The number of phenols is 2. The molecular weight excluding hydrogens is 284 g/mol. The van der Waals surface area contributed by atoms with Gasteiger partial charge in [-0.05, 0) is 23.8 Å². The van der Waals surface area contributed by atoms with Crippen LogP contribution >= 0.6 is 0 Å².